The van der Waals surface area contributed by atoms with E-state index in [1.807, 2.05) is 49.9 Å². The molecule has 0 spiro atoms. The molecule has 2 heterocycles. The van der Waals surface area contributed by atoms with Gasteiger partial charge >= 0.3 is 5.97 Å². The summed E-state index contributed by atoms with van der Waals surface area (Å²) in [6.45, 7) is 7.72. The number of carbonyl (C=O) groups is 2. The van der Waals surface area contributed by atoms with Gasteiger partial charge in [-0.3, -0.25) is 9.59 Å². The first-order chi connectivity index (χ1) is 11.9. The van der Waals surface area contributed by atoms with Crippen molar-refractivity contribution in [1.82, 2.24) is 4.90 Å². The van der Waals surface area contributed by atoms with Crippen LogP contribution in [0.4, 0.5) is 0 Å². The number of likely N-dealkylation sites (tertiary alicyclic amines) is 1. The fourth-order valence-corrected chi connectivity index (χ4v) is 3.75. The molecule has 0 unspecified atom stereocenters. The van der Waals surface area contributed by atoms with Gasteiger partial charge in [0.1, 0.15) is 11.4 Å². The molecule has 5 nitrogen and oxygen atoms in total. The van der Waals surface area contributed by atoms with Crippen molar-refractivity contribution in [3.63, 3.8) is 0 Å². The van der Waals surface area contributed by atoms with Crippen LogP contribution in [0, 0.1) is 18.8 Å². The lowest BCUT2D eigenvalue weighted by Crippen LogP contribution is -2.48. The summed E-state index contributed by atoms with van der Waals surface area (Å²) >= 11 is 0. The Hall–Kier alpha value is -2.04. The van der Waals surface area contributed by atoms with Crippen LogP contribution in [0.3, 0.4) is 0 Å². The maximum absolute atomic E-state index is 12.9. The van der Waals surface area contributed by atoms with Crippen molar-refractivity contribution in [2.45, 2.75) is 45.6 Å². The average molecular weight is 345 g/mol. The van der Waals surface area contributed by atoms with Crippen molar-refractivity contribution in [3.05, 3.63) is 29.8 Å². The quantitative estimate of drug-likeness (QED) is 0.787. The Bertz CT molecular complexity index is 655. The lowest BCUT2D eigenvalue weighted by molar-refractivity contribution is -0.149. The van der Waals surface area contributed by atoms with Crippen molar-refractivity contribution in [2.24, 2.45) is 11.8 Å². The molecule has 25 heavy (non-hydrogen) atoms. The van der Waals surface area contributed by atoms with Gasteiger partial charge < -0.3 is 14.4 Å². The second-order valence-corrected chi connectivity index (χ2v) is 7.70. The van der Waals surface area contributed by atoms with Crippen molar-refractivity contribution in [3.8, 4) is 5.75 Å². The number of rotatable bonds is 4. The van der Waals surface area contributed by atoms with E-state index >= 15 is 0 Å². The Morgan fingerprint density at radius 1 is 1.36 bits per heavy atom. The largest absolute Gasteiger partial charge is 0.493 e. The van der Waals surface area contributed by atoms with Gasteiger partial charge in [-0.15, -0.1) is 0 Å². The molecule has 2 saturated heterocycles. The minimum atomic E-state index is -0.710. The van der Waals surface area contributed by atoms with Crippen molar-refractivity contribution in [1.29, 1.82) is 0 Å². The summed E-state index contributed by atoms with van der Waals surface area (Å²) in [6, 6.07) is 7.98. The van der Waals surface area contributed by atoms with E-state index in [1.165, 1.54) is 0 Å². The molecule has 0 N–H and O–H groups in total. The van der Waals surface area contributed by atoms with Gasteiger partial charge in [0.05, 0.1) is 18.9 Å². The summed E-state index contributed by atoms with van der Waals surface area (Å²) in [4.78, 5) is 26.4. The molecule has 0 bridgehead atoms. The topological polar surface area (TPSA) is 55.8 Å². The van der Waals surface area contributed by atoms with Crippen molar-refractivity contribution < 1.29 is 19.1 Å². The summed E-state index contributed by atoms with van der Waals surface area (Å²) in [5, 5.41) is 0. The number of hydrogen-bond acceptors (Lipinski definition) is 4. The molecule has 2 atom stereocenters. The second-order valence-electron chi connectivity index (χ2n) is 7.70. The van der Waals surface area contributed by atoms with Crippen LogP contribution in [0.1, 0.15) is 38.7 Å². The standard InChI is InChI=1S/C20H27NO4/c1-14-7-4-5-9-17(14)24-13-15-8-6-10-21(12-15)19(23)16-11-18(22)25-20(16,2)3/h4-5,7,9,15-16H,6,8,10-13H2,1-3H3/t15-,16+/m0/s1. The van der Waals surface area contributed by atoms with Crippen molar-refractivity contribution >= 4 is 11.9 Å². The summed E-state index contributed by atoms with van der Waals surface area (Å²) in [5.41, 5.74) is 0.410. The van der Waals surface area contributed by atoms with Crippen LogP contribution in [0.5, 0.6) is 5.75 Å². The Morgan fingerprint density at radius 2 is 2.12 bits per heavy atom. The minimum absolute atomic E-state index is 0.0384. The van der Waals surface area contributed by atoms with Gasteiger partial charge in [-0.05, 0) is 45.2 Å². The molecular formula is C20H27NO4. The highest BCUT2D eigenvalue weighted by atomic mass is 16.6. The number of aryl methyl sites for hydroxylation is 1. The van der Waals surface area contributed by atoms with Crippen LogP contribution in [0.15, 0.2) is 24.3 Å². The highest BCUT2D eigenvalue weighted by molar-refractivity contribution is 5.87. The van der Waals surface area contributed by atoms with Crippen LogP contribution in [-0.2, 0) is 14.3 Å². The Balaban J connectivity index is 1.58. The summed E-state index contributed by atoms with van der Waals surface area (Å²) in [7, 11) is 0. The predicted molar refractivity (Wildman–Crippen MR) is 94.3 cm³/mol. The normalized spacial score (nSPS) is 25.6. The molecule has 1 aromatic rings. The molecule has 2 fully saturated rings. The maximum Gasteiger partial charge on any atom is 0.307 e. The van der Waals surface area contributed by atoms with Gasteiger partial charge in [0.15, 0.2) is 0 Å². The number of amides is 1. The number of hydrogen-bond donors (Lipinski definition) is 0. The van der Waals surface area contributed by atoms with E-state index in [9.17, 15) is 9.59 Å². The fourth-order valence-electron chi connectivity index (χ4n) is 3.75. The first-order valence-electron chi connectivity index (χ1n) is 9.06. The van der Waals surface area contributed by atoms with E-state index in [0.29, 0.717) is 19.1 Å². The lowest BCUT2D eigenvalue weighted by Gasteiger charge is -2.36. The molecule has 1 amide bonds. The highest BCUT2D eigenvalue weighted by Gasteiger charge is 2.47. The van der Waals surface area contributed by atoms with E-state index < -0.39 is 5.60 Å². The molecule has 2 aliphatic heterocycles. The zero-order valence-electron chi connectivity index (χ0n) is 15.3. The predicted octanol–water partition coefficient (Wildman–Crippen LogP) is 2.95. The lowest BCUT2D eigenvalue weighted by atomic mass is 9.88. The first kappa shape index (κ1) is 17.8. The Morgan fingerprint density at radius 3 is 2.80 bits per heavy atom. The third-order valence-electron chi connectivity index (χ3n) is 5.28. The first-order valence-corrected chi connectivity index (χ1v) is 9.06. The van der Waals surface area contributed by atoms with E-state index in [0.717, 1.165) is 30.7 Å². The van der Waals surface area contributed by atoms with Crippen LogP contribution in [0.2, 0.25) is 0 Å². The third-order valence-corrected chi connectivity index (χ3v) is 5.28. The summed E-state index contributed by atoms with van der Waals surface area (Å²) in [5.74, 6) is 0.604. The van der Waals surface area contributed by atoms with E-state index in [4.69, 9.17) is 9.47 Å². The van der Waals surface area contributed by atoms with Gasteiger partial charge in [0.25, 0.3) is 0 Å². The Labute approximate surface area is 149 Å². The molecule has 0 aliphatic carbocycles. The highest BCUT2D eigenvalue weighted by Crippen LogP contribution is 2.34. The van der Waals surface area contributed by atoms with Gasteiger partial charge in [-0.2, -0.15) is 0 Å². The maximum atomic E-state index is 12.9. The number of ether oxygens (including phenoxy) is 2. The van der Waals surface area contributed by atoms with Gasteiger partial charge in [0.2, 0.25) is 5.91 Å². The van der Waals surface area contributed by atoms with Gasteiger partial charge in [0, 0.05) is 19.0 Å². The molecule has 0 aromatic heterocycles. The molecule has 1 aromatic carbocycles. The summed E-state index contributed by atoms with van der Waals surface area (Å²) in [6.07, 6.45) is 2.21. The van der Waals surface area contributed by atoms with Crippen LogP contribution >= 0.6 is 0 Å². The number of benzene rings is 1. The molecule has 2 aliphatic rings. The zero-order valence-corrected chi connectivity index (χ0v) is 15.3. The molecular weight excluding hydrogens is 318 g/mol. The SMILES string of the molecule is Cc1ccccc1OC[C@H]1CCCN(C(=O)[C@H]2CC(=O)OC2(C)C)C1. The number of cyclic esters (lactones) is 1. The van der Waals surface area contributed by atoms with Crippen LogP contribution in [-0.4, -0.2) is 42.1 Å². The number of carbonyl (C=O) groups excluding carboxylic acids is 2. The van der Waals surface area contributed by atoms with Gasteiger partial charge in [-0.1, -0.05) is 18.2 Å². The molecule has 0 saturated carbocycles. The smallest absolute Gasteiger partial charge is 0.307 e. The Kier molecular flexibility index (Phi) is 5.02. The van der Waals surface area contributed by atoms with Crippen LogP contribution < -0.4 is 4.74 Å². The minimum Gasteiger partial charge on any atom is -0.493 e. The second kappa shape index (κ2) is 7.06. The molecule has 136 valence electrons. The zero-order chi connectivity index (χ0) is 18.0. The van der Waals surface area contributed by atoms with E-state index in [1.54, 1.807) is 0 Å². The average Bonchev–Trinajstić information content (AvgIpc) is 2.86. The van der Waals surface area contributed by atoms with E-state index in [2.05, 4.69) is 0 Å². The molecule has 5 heteroatoms. The fraction of sp³-hybridized carbons (Fsp3) is 0.600. The van der Waals surface area contributed by atoms with Crippen molar-refractivity contribution in [2.75, 3.05) is 19.7 Å². The number of nitrogens with zero attached hydrogens (tertiary/aromatic N) is 1. The number of para-hydroxylation sites is 1. The number of piperidine rings is 1. The van der Waals surface area contributed by atoms with Crippen LogP contribution in [0.25, 0.3) is 0 Å². The van der Waals surface area contributed by atoms with E-state index in [-0.39, 0.29) is 24.2 Å². The molecule has 0 radical (unpaired) electrons. The van der Waals surface area contributed by atoms with Gasteiger partial charge in [-0.25, -0.2) is 0 Å². The summed E-state index contributed by atoms with van der Waals surface area (Å²) < 4.78 is 11.3. The monoisotopic (exact) mass is 345 g/mol. The third kappa shape index (κ3) is 3.97. The molecule has 3 rings (SSSR count). The number of esters is 1.